The summed E-state index contributed by atoms with van der Waals surface area (Å²) >= 11 is 0. The van der Waals surface area contributed by atoms with E-state index >= 15 is 0 Å². The maximum atomic E-state index is 12.2. The predicted molar refractivity (Wildman–Crippen MR) is 86.5 cm³/mol. The van der Waals surface area contributed by atoms with Crippen LogP contribution in [0.5, 0.6) is 0 Å². The van der Waals surface area contributed by atoms with Crippen LogP contribution < -0.4 is 10.6 Å². The molecule has 0 bridgehead atoms. The number of carbonyl (C=O) groups excluding carboxylic acids is 1. The number of unbranched alkanes of at least 4 members (excludes halogenated alkanes) is 1. The van der Waals surface area contributed by atoms with Crippen molar-refractivity contribution in [3.63, 3.8) is 0 Å². The molecule has 0 saturated heterocycles. The first kappa shape index (κ1) is 17.4. The van der Waals surface area contributed by atoms with E-state index in [9.17, 15) is 4.79 Å². The van der Waals surface area contributed by atoms with Gasteiger partial charge in [0.25, 0.3) is 5.91 Å². The molecule has 5 nitrogen and oxygen atoms in total. The van der Waals surface area contributed by atoms with Crippen molar-refractivity contribution in [2.45, 2.75) is 65.3 Å². The Balaban J connectivity index is 2.56. The van der Waals surface area contributed by atoms with Gasteiger partial charge in [0.05, 0.1) is 12.4 Å². The number of hydrogen-bond donors (Lipinski definition) is 2. The normalized spacial score (nSPS) is 12.0. The predicted octanol–water partition coefficient (Wildman–Crippen LogP) is 3.39. The van der Waals surface area contributed by atoms with Gasteiger partial charge in [-0.3, -0.25) is 4.79 Å². The smallest absolute Gasteiger partial charge is 0.271 e. The summed E-state index contributed by atoms with van der Waals surface area (Å²) in [7, 11) is 0. The van der Waals surface area contributed by atoms with Gasteiger partial charge in [-0.15, -0.1) is 0 Å². The van der Waals surface area contributed by atoms with Gasteiger partial charge in [-0.1, -0.05) is 40.0 Å². The van der Waals surface area contributed by atoms with E-state index in [1.807, 2.05) is 0 Å². The third-order valence-electron chi connectivity index (χ3n) is 3.32. The average molecular weight is 292 g/mol. The molecule has 0 saturated carbocycles. The SMILES string of the molecule is CCCCC(CCC)NC(=O)c1cnc(NCCC)cn1. The molecule has 0 aromatic carbocycles. The van der Waals surface area contributed by atoms with Gasteiger partial charge in [0.2, 0.25) is 0 Å². The van der Waals surface area contributed by atoms with Crippen LogP contribution in [0.4, 0.5) is 5.82 Å². The van der Waals surface area contributed by atoms with Gasteiger partial charge in [0.15, 0.2) is 0 Å². The summed E-state index contributed by atoms with van der Waals surface area (Å²) in [5.74, 6) is 0.587. The molecule has 1 rings (SSSR count). The lowest BCUT2D eigenvalue weighted by Crippen LogP contribution is -2.35. The second-order valence-corrected chi connectivity index (χ2v) is 5.31. The van der Waals surface area contributed by atoms with Crippen molar-refractivity contribution in [2.24, 2.45) is 0 Å². The van der Waals surface area contributed by atoms with Crippen molar-refractivity contribution in [1.82, 2.24) is 15.3 Å². The number of nitrogens with one attached hydrogen (secondary N) is 2. The molecule has 1 amide bonds. The van der Waals surface area contributed by atoms with Crippen molar-refractivity contribution < 1.29 is 4.79 Å². The molecule has 0 fully saturated rings. The van der Waals surface area contributed by atoms with Gasteiger partial charge in [0.1, 0.15) is 11.5 Å². The monoisotopic (exact) mass is 292 g/mol. The van der Waals surface area contributed by atoms with Crippen molar-refractivity contribution in [1.29, 1.82) is 0 Å². The Bertz CT molecular complexity index is 405. The second kappa shape index (κ2) is 10.1. The minimum atomic E-state index is -0.126. The largest absolute Gasteiger partial charge is 0.369 e. The number of hydrogen-bond acceptors (Lipinski definition) is 4. The maximum absolute atomic E-state index is 12.2. The van der Waals surface area contributed by atoms with Crippen LogP contribution in [0.3, 0.4) is 0 Å². The molecule has 0 radical (unpaired) electrons. The number of nitrogens with zero attached hydrogens (tertiary/aromatic N) is 2. The van der Waals surface area contributed by atoms with E-state index < -0.39 is 0 Å². The van der Waals surface area contributed by atoms with Gasteiger partial charge in [-0.2, -0.15) is 0 Å². The quantitative estimate of drug-likeness (QED) is 0.693. The Kier molecular flexibility index (Phi) is 8.40. The fourth-order valence-electron chi connectivity index (χ4n) is 2.14. The molecule has 1 aromatic rings. The van der Waals surface area contributed by atoms with Crippen LogP contribution in [0, 0.1) is 0 Å². The molecule has 2 N–H and O–H groups in total. The summed E-state index contributed by atoms with van der Waals surface area (Å²) < 4.78 is 0. The molecule has 0 spiro atoms. The van der Waals surface area contributed by atoms with E-state index in [2.05, 4.69) is 41.4 Å². The van der Waals surface area contributed by atoms with Crippen LogP contribution in [-0.2, 0) is 0 Å². The number of aromatic nitrogens is 2. The first-order chi connectivity index (χ1) is 10.2. The Morgan fingerprint density at radius 3 is 2.48 bits per heavy atom. The third-order valence-corrected chi connectivity index (χ3v) is 3.32. The molecule has 118 valence electrons. The highest BCUT2D eigenvalue weighted by Gasteiger charge is 2.14. The van der Waals surface area contributed by atoms with Crippen molar-refractivity contribution in [3.05, 3.63) is 18.1 Å². The standard InChI is InChI=1S/C16H28N4O/c1-4-7-9-13(8-5-2)20-16(21)14-11-19-15(12-18-14)17-10-6-3/h11-13H,4-10H2,1-3H3,(H,17,19)(H,20,21). The van der Waals surface area contributed by atoms with Crippen LogP contribution in [0.2, 0.25) is 0 Å². The Morgan fingerprint density at radius 2 is 1.90 bits per heavy atom. The lowest BCUT2D eigenvalue weighted by atomic mass is 10.1. The second-order valence-electron chi connectivity index (χ2n) is 5.31. The van der Waals surface area contributed by atoms with Gasteiger partial charge < -0.3 is 10.6 Å². The van der Waals surface area contributed by atoms with Crippen LogP contribution >= 0.6 is 0 Å². The number of carbonyl (C=O) groups is 1. The molecule has 21 heavy (non-hydrogen) atoms. The molecule has 1 unspecified atom stereocenters. The molecule has 0 aliphatic heterocycles. The maximum Gasteiger partial charge on any atom is 0.271 e. The fraction of sp³-hybridized carbons (Fsp3) is 0.688. The molecule has 0 aliphatic carbocycles. The third kappa shape index (κ3) is 6.56. The highest BCUT2D eigenvalue weighted by Crippen LogP contribution is 2.08. The first-order valence-electron chi connectivity index (χ1n) is 8.08. The van der Waals surface area contributed by atoms with Gasteiger partial charge in [-0.25, -0.2) is 9.97 Å². The topological polar surface area (TPSA) is 66.9 Å². The number of anilines is 1. The van der Waals surface area contributed by atoms with E-state index in [1.54, 1.807) is 6.20 Å². The van der Waals surface area contributed by atoms with Gasteiger partial charge >= 0.3 is 0 Å². The average Bonchev–Trinajstić information content (AvgIpc) is 2.51. The Hall–Kier alpha value is -1.65. The fourth-order valence-corrected chi connectivity index (χ4v) is 2.14. The molecule has 1 aromatic heterocycles. The zero-order valence-electron chi connectivity index (χ0n) is 13.5. The Labute approximate surface area is 128 Å². The minimum absolute atomic E-state index is 0.126. The van der Waals surface area contributed by atoms with Crippen LogP contribution in [0.1, 0.15) is 69.8 Å². The highest BCUT2D eigenvalue weighted by molar-refractivity contribution is 5.92. The van der Waals surface area contributed by atoms with Gasteiger partial charge in [0, 0.05) is 12.6 Å². The van der Waals surface area contributed by atoms with E-state index in [4.69, 9.17) is 0 Å². The van der Waals surface area contributed by atoms with Crippen molar-refractivity contribution in [3.8, 4) is 0 Å². The zero-order chi connectivity index (χ0) is 15.5. The minimum Gasteiger partial charge on any atom is -0.369 e. The Morgan fingerprint density at radius 1 is 1.10 bits per heavy atom. The first-order valence-corrected chi connectivity index (χ1v) is 8.08. The molecule has 1 atom stereocenters. The van der Waals surface area contributed by atoms with Crippen LogP contribution in [0.25, 0.3) is 0 Å². The van der Waals surface area contributed by atoms with Crippen molar-refractivity contribution in [2.75, 3.05) is 11.9 Å². The molecular formula is C16H28N4O. The van der Waals surface area contributed by atoms with E-state index in [0.717, 1.165) is 45.1 Å². The lowest BCUT2D eigenvalue weighted by molar-refractivity contribution is 0.0926. The highest BCUT2D eigenvalue weighted by atomic mass is 16.1. The molecule has 1 heterocycles. The summed E-state index contributed by atoms with van der Waals surface area (Å²) in [5.41, 5.74) is 0.384. The van der Waals surface area contributed by atoms with E-state index in [0.29, 0.717) is 11.5 Å². The van der Waals surface area contributed by atoms with Crippen LogP contribution in [0.15, 0.2) is 12.4 Å². The zero-order valence-corrected chi connectivity index (χ0v) is 13.5. The number of amides is 1. The molecule has 5 heteroatoms. The molecular weight excluding hydrogens is 264 g/mol. The summed E-state index contributed by atoms with van der Waals surface area (Å²) in [6, 6.07) is 0.238. The van der Waals surface area contributed by atoms with E-state index in [1.165, 1.54) is 6.20 Å². The van der Waals surface area contributed by atoms with E-state index in [-0.39, 0.29) is 11.9 Å². The summed E-state index contributed by atoms with van der Waals surface area (Å²) in [6.07, 6.45) is 9.57. The molecule has 0 aliphatic rings. The van der Waals surface area contributed by atoms with Crippen LogP contribution in [-0.4, -0.2) is 28.5 Å². The lowest BCUT2D eigenvalue weighted by Gasteiger charge is -2.17. The summed E-state index contributed by atoms with van der Waals surface area (Å²) in [5, 5.41) is 6.21. The van der Waals surface area contributed by atoms with Gasteiger partial charge in [-0.05, 0) is 19.3 Å². The number of rotatable bonds is 10. The summed E-state index contributed by atoms with van der Waals surface area (Å²) in [4.78, 5) is 20.6. The summed E-state index contributed by atoms with van der Waals surface area (Å²) in [6.45, 7) is 7.25. The van der Waals surface area contributed by atoms with Crippen molar-refractivity contribution >= 4 is 11.7 Å².